The molecule has 1 aliphatic carbocycles. The van der Waals surface area contributed by atoms with Gasteiger partial charge in [-0.05, 0) is 50.0 Å². The van der Waals surface area contributed by atoms with Gasteiger partial charge in [-0.2, -0.15) is 15.1 Å². The second kappa shape index (κ2) is 9.26. The number of hydrogen-bond donors (Lipinski definition) is 3. The fourth-order valence-corrected chi connectivity index (χ4v) is 4.10. The first-order valence-electron chi connectivity index (χ1n) is 11.1. The smallest absolute Gasteiger partial charge is 0.659 e. The number of anilines is 2. The summed E-state index contributed by atoms with van der Waals surface area (Å²) < 4.78 is 21.0. The summed E-state index contributed by atoms with van der Waals surface area (Å²) in [5, 5.41) is 15.5. The van der Waals surface area contributed by atoms with Gasteiger partial charge in [-0.1, -0.05) is 6.08 Å². The van der Waals surface area contributed by atoms with Gasteiger partial charge in [0.1, 0.15) is 5.82 Å². The average molecular weight is 451 g/mol. The molecule has 0 unspecified atom stereocenters. The SMILES string of the molecule is Cc1cc2c(F)c(Oc3nc(Nc4cc(C5CC5)[nH]n4)cc(C4=CC[N-]CC4)n3)ccc2[nH]1.[Li+]. The van der Waals surface area contributed by atoms with E-state index in [1.807, 2.05) is 25.1 Å². The van der Waals surface area contributed by atoms with Crippen LogP contribution in [0.25, 0.3) is 21.8 Å². The Morgan fingerprint density at radius 2 is 2.03 bits per heavy atom. The van der Waals surface area contributed by atoms with Gasteiger partial charge in [-0.3, -0.25) is 5.10 Å². The number of fused-ring (bicyclic) bond motifs is 1. The van der Waals surface area contributed by atoms with Crippen LogP contribution in [-0.2, 0) is 0 Å². The van der Waals surface area contributed by atoms with Crippen molar-refractivity contribution in [2.75, 3.05) is 18.4 Å². The number of aryl methyl sites for hydroxylation is 1. The molecule has 8 nitrogen and oxygen atoms in total. The molecule has 3 N–H and O–H groups in total. The van der Waals surface area contributed by atoms with Gasteiger partial charge >= 0.3 is 24.9 Å². The molecule has 1 fully saturated rings. The first kappa shape index (κ1) is 22.7. The van der Waals surface area contributed by atoms with Crippen molar-refractivity contribution in [1.29, 1.82) is 0 Å². The van der Waals surface area contributed by atoms with Crippen molar-refractivity contribution in [2.45, 2.75) is 32.1 Å². The minimum absolute atomic E-state index is 0. The molecule has 168 valence electrons. The van der Waals surface area contributed by atoms with Crippen molar-refractivity contribution in [2.24, 2.45) is 0 Å². The van der Waals surface area contributed by atoms with Gasteiger partial charge in [0.2, 0.25) is 0 Å². The number of hydrogen-bond acceptors (Lipinski definition) is 5. The van der Waals surface area contributed by atoms with Crippen LogP contribution in [0.2, 0.25) is 0 Å². The Morgan fingerprint density at radius 1 is 1.15 bits per heavy atom. The molecular formula is C24H23FLiN7O. The molecule has 0 spiro atoms. The van der Waals surface area contributed by atoms with Crippen molar-refractivity contribution in [3.8, 4) is 11.8 Å². The van der Waals surface area contributed by atoms with E-state index in [0.717, 1.165) is 41.1 Å². The molecule has 6 rings (SSSR count). The zero-order chi connectivity index (χ0) is 22.4. The predicted octanol–water partition coefficient (Wildman–Crippen LogP) is 2.71. The molecular weight excluding hydrogens is 428 g/mol. The Balaban J connectivity index is 0.00000241. The third-order valence-electron chi connectivity index (χ3n) is 5.95. The van der Waals surface area contributed by atoms with Crippen molar-refractivity contribution in [3.63, 3.8) is 0 Å². The van der Waals surface area contributed by atoms with E-state index >= 15 is 4.39 Å². The maximum atomic E-state index is 15.1. The molecule has 4 heterocycles. The van der Waals surface area contributed by atoms with Crippen LogP contribution in [-0.4, -0.2) is 38.2 Å². The van der Waals surface area contributed by atoms with E-state index in [-0.39, 0.29) is 30.6 Å². The van der Waals surface area contributed by atoms with Gasteiger partial charge in [0.25, 0.3) is 0 Å². The largest absolute Gasteiger partial charge is 1.00 e. The van der Waals surface area contributed by atoms with E-state index in [1.165, 1.54) is 12.8 Å². The molecule has 0 amide bonds. The number of ether oxygens (including phenoxy) is 1. The minimum atomic E-state index is -0.447. The van der Waals surface area contributed by atoms with Gasteiger partial charge in [0.05, 0.1) is 5.69 Å². The number of nitrogens with zero attached hydrogens (tertiary/aromatic N) is 4. The van der Waals surface area contributed by atoms with E-state index in [2.05, 4.69) is 35.8 Å². The molecule has 3 aromatic heterocycles. The quantitative estimate of drug-likeness (QED) is 0.391. The van der Waals surface area contributed by atoms with Crippen molar-refractivity contribution in [1.82, 2.24) is 25.1 Å². The molecule has 34 heavy (non-hydrogen) atoms. The zero-order valence-corrected chi connectivity index (χ0v) is 19.2. The standard InChI is InChI=1S/C24H23FN7O.Li/c1-13-10-16-17(27-13)4-5-20(23(16)25)33-24-28-18(15-6-8-26-9-7-15)11-21(30-24)29-22-12-19(31-32-22)14-2-3-14;/h4-6,10-12,14,27H,2-3,7-9H2,1H3,(H2,28,29,30,31,32);/q-1;+1. The minimum Gasteiger partial charge on any atom is -0.659 e. The predicted molar refractivity (Wildman–Crippen MR) is 125 cm³/mol. The van der Waals surface area contributed by atoms with Crippen LogP contribution in [0, 0.1) is 12.7 Å². The summed E-state index contributed by atoms with van der Waals surface area (Å²) in [5.41, 5.74) is 4.52. The maximum absolute atomic E-state index is 15.1. The van der Waals surface area contributed by atoms with Gasteiger partial charge in [0, 0.05) is 40.3 Å². The number of nitrogens with one attached hydrogen (secondary N) is 3. The fraction of sp³-hybridized carbons (Fsp3) is 0.292. The van der Waals surface area contributed by atoms with Gasteiger partial charge in [-0.25, -0.2) is 4.39 Å². The number of rotatable bonds is 6. The monoisotopic (exact) mass is 451 g/mol. The summed E-state index contributed by atoms with van der Waals surface area (Å²) in [6.45, 7) is 3.29. The van der Waals surface area contributed by atoms with Crippen LogP contribution in [0.15, 0.2) is 36.4 Å². The Hall–Kier alpha value is -3.12. The van der Waals surface area contributed by atoms with Crippen LogP contribution in [0.4, 0.5) is 16.0 Å². The third kappa shape index (κ3) is 4.60. The van der Waals surface area contributed by atoms with Crippen molar-refractivity contribution in [3.05, 3.63) is 64.6 Å². The number of halogens is 1. The average Bonchev–Trinajstić information content (AvgIpc) is 3.45. The summed E-state index contributed by atoms with van der Waals surface area (Å²) >= 11 is 0. The summed E-state index contributed by atoms with van der Waals surface area (Å²) in [5.74, 6) is 1.41. The zero-order valence-electron chi connectivity index (χ0n) is 19.2. The molecule has 0 saturated heterocycles. The third-order valence-corrected chi connectivity index (χ3v) is 5.95. The van der Waals surface area contributed by atoms with Crippen molar-refractivity contribution < 1.29 is 28.0 Å². The van der Waals surface area contributed by atoms with E-state index < -0.39 is 5.82 Å². The number of H-pyrrole nitrogens is 2. The molecule has 10 heteroatoms. The van der Waals surface area contributed by atoms with E-state index in [4.69, 9.17) is 4.74 Å². The van der Waals surface area contributed by atoms with Gasteiger partial charge < -0.3 is 20.4 Å². The van der Waals surface area contributed by atoms with Crippen LogP contribution in [0.5, 0.6) is 11.8 Å². The van der Waals surface area contributed by atoms with E-state index in [1.54, 1.807) is 18.2 Å². The summed E-state index contributed by atoms with van der Waals surface area (Å²) in [7, 11) is 0. The fourth-order valence-electron chi connectivity index (χ4n) is 4.10. The van der Waals surface area contributed by atoms with Gasteiger partial charge in [-0.15, -0.1) is 13.1 Å². The first-order chi connectivity index (χ1) is 16.1. The Morgan fingerprint density at radius 3 is 2.82 bits per heavy atom. The second-order valence-corrected chi connectivity index (χ2v) is 8.53. The first-order valence-corrected chi connectivity index (χ1v) is 11.1. The normalized spacial score (nSPS) is 15.6. The summed E-state index contributed by atoms with van der Waals surface area (Å²) in [6, 6.07) is 9.07. The topological polar surface area (TPSA) is 106 Å². The molecule has 4 aromatic rings. The molecule has 0 bridgehead atoms. The van der Waals surface area contributed by atoms with E-state index in [9.17, 15) is 0 Å². The number of aromatic amines is 2. The Labute approximate surface area is 208 Å². The number of benzene rings is 1. The van der Waals surface area contributed by atoms with E-state index in [0.29, 0.717) is 29.5 Å². The van der Waals surface area contributed by atoms with Crippen LogP contribution in [0.3, 0.4) is 0 Å². The van der Waals surface area contributed by atoms with Crippen LogP contribution in [0.1, 0.15) is 42.3 Å². The molecule has 2 aliphatic rings. The van der Waals surface area contributed by atoms with Crippen LogP contribution < -0.4 is 28.9 Å². The second-order valence-electron chi connectivity index (χ2n) is 8.53. The van der Waals surface area contributed by atoms with Crippen molar-refractivity contribution >= 4 is 28.1 Å². The molecule has 1 aromatic carbocycles. The summed E-state index contributed by atoms with van der Waals surface area (Å²) in [6.07, 6.45) is 5.21. The molecule has 1 aliphatic heterocycles. The Bertz CT molecular complexity index is 1380. The van der Waals surface area contributed by atoms with Gasteiger partial charge in [0.15, 0.2) is 17.4 Å². The number of aromatic nitrogens is 5. The molecule has 0 radical (unpaired) electrons. The molecule has 1 saturated carbocycles. The maximum Gasteiger partial charge on any atom is 1.00 e. The molecule has 0 atom stereocenters. The summed E-state index contributed by atoms with van der Waals surface area (Å²) in [4.78, 5) is 12.2. The van der Waals surface area contributed by atoms with Crippen LogP contribution >= 0.6 is 0 Å². The Kier molecular flexibility index (Phi) is 6.17.